The maximum Gasteiger partial charge on any atom is 0.304 e. The van der Waals surface area contributed by atoms with Crippen LogP contribution in [-0.2, 0) is 11.2 Å². The number of rotatable bonds is 4. The molecule has 1 amide bonds. The van der Waals surface area contributed by atoms with Gasteiger partial charge in [-0.15, -0.1) is 0 Å². The van der Waals surface area contributed by atoms with Crippen LogP contribution in [0.5, 0.6) is 0 Å². The second-order valence-corrected chi connectivity index (χ2v) is 5.41. The van der Waals surface area contributed by atoms with Gasteiger partial charge in [0.05, 0.1) is 11.3 Å². The molecule has 3 rings (SSSR count). The fourth-order valence-electron chi connectivity index (χ4n) is 2.45. The van der Waals surface area contributed by atoms with Crippen molar-refractivity contribution in [1.82, 2.24) is 4.98 Å². The highest BCUT2D eigenvalue weighted by Crippen LogP contribution is 2.24. The summed E-state index contributed by atoms with van der Waals surface area (Å²) in [7, 11) is 1.57. The molecule has 0 fully saturated rings. The molecule has 0 N–H and O–H groups in total. The number of nitrogens with zero attached hydrogens (tertiary/aromatic N) is 3. The van der Waals surface area contributed by atoms with Crippen LogP contribution in [0.25, 0.3) is 11.1 Å². The number of aromatic nitrogens is 1. The van der Waals surface area contributed by atoms with Crippen LogP contribution in [0.15, 0.2) is 46.9 Å². The Morgan fingerprint density at radius 3 is 2.71 bits per heavy atom. The van der Waals surface area contributed by atoms with Crippen LogP contribution in [0.4, 0.5) is 11.7 Å². The van der Waals surface area contributed by atoms with E-state index < -0.39 is 4.92 Å². The van der Waals surface area contributed by atoms with Crippen molar-refractivity contribution in [2.75, 3.05) is 11.9 Å². The standard InChI is InChI=1S/C17H15N3O4/c1-11-12(6-5-8-14(11)20(22)23)10-16(21)19(2)17-18-13-7-3-4-9-15(13)24-17/h3-9H,10H2,1-2H3. The lowest BCUT2D eigenvalue weighted by Gasteiger charge is -2.13. The predicted molar refractivity (Wildman–Crippen MR) is 89.0 cm³/mol. The lowest BCUT2D eigenvalue weighted by Crippen LogP contribution is -2.28. The molecule has 0 bridgehead atoms. The summed E-state index contributed by atoms with van der Waals surface area (Å²) in [6.07, 6.45) is 0.0305. The molecular weight excluding hydrogens is 310 g/mol. The molecule has 24 heavy (non-hydrogen) atoms. The smallest absolute Gasteiger partial charge is 0.304 e. The number of carbonyl (C=O) groups is 1. The van der Waals surface area contributed by atoms with Gasteiger partial charge in [-0.05, 0) is 24.6 Å². The number of fused-ring (bicyclic) bond motifs is 1. The Labute approximate surface area is 137 Å². The summed E-state index contributed by atoms with van der Waals surface area (Å²) in [6.45, 7) is 1.64. The minimum atomic E-state index is -0.451. The van der Waals surface area contributed by atoms with E-state index in [0.29, 0.717) is 22.2 Å². The summed E-state index contributed by atoms with van der Waals surface area (Å²) >= 11 is 0. The average molecular weight is 325 g/mol. The van der Waals surface area contributed by atoms with E-state index in [1.165, 1.54) is 11.0 Å². The molecule has 1 aromatic heterocycles. The van der Waals surface area contributed by atoms with E-state index in [1.807, 2.05) is 12.1 Å². The zero-order valence-corrected chi connectivity index (χ0v) is 13.2. The van der Waals surface area contributed by atoms with Crippen molar-refractivity contribution >= 4 is 28.7 Å². The maximum absolute atomic E-state index is 12.5. The summed E-state index contributed by atoms with van der Waals surface area (Å²) in [5.41, 5.74) is 2.36. The van der Waals surface area contributed by atoms with Crippen molar-refractivity contribution in [2.45, 2.75) is 13.3 Å². The van der Waals surface area contributed by atoms with E-state index in [0.717, 1.165) is 0 Å². The molecule has 0 radical (unpaired) electrons. The van der Waals surface area contributed by atoms with Crippen molar-refractivity contribution in [2.24, 2.45) is 0 Å². The van der Waals surface area contributed by atoms with Gasteiger partial charge in [-0.25, -0.2) is 0 Å². The highest BCUT2D eigenvalue weighted by Gasteiger charge is 2.20. The summed E-state index contributed by atoms with van der Waals surface area (Å²) < 4.78 is 5.57. The first kappa shape index (κ1) is 15.7. The number of carbonyl (C=O) groups excluding carboxylic acids is 1. The Balaban J connectivity index is 1.84. The molecule has 122 valence electrons. The average Bonchev–Trinajstić information content (AvgIpc) is 2.99. The van der Waals surface area contributed by atoms with Crippen LogP contribution in [0.3, 0.4) is 0 Å². The Morgan fingerprint density at radius 2 is 2.00 bits per heavy atom. The minimum Gasteiger partial charge on any atom is -0.423 e. The number of benzene rings is 2. The first-order chi connectivity index (χ1) is 11.5. The number of likely N-dealkylation sites (N-methyl/N-ethyl adjacent to an activating group) is 1. The molecule has 0 aliphatic heterocycles. The van der Waals surface area contributed by atoms with Gasteiger partial charge in [0.2, 0.25) is 5.91 Å². The number of nitro groups is 1. The SMILES string of the molecule is Cc1c(CC(=O)N(C)c2nc3ccccc3o2)cccc1[N+](=O)[O-]. The van der Waals surface area contributed by atoms with Crippen molar-refractivity contribution in [3.05, 3.63) is 63.7 Å². The number of nitro benzene ring substituents is 1. The Morgan fingerprint density at radius 1 is 1.25 bits per heavy atom. The summed E-state index contributed by atoms with van der Waals surface area (Å²) in [5.74, 6) is -0.259. The summed E-state index contributed by atoms with van der Waals surface area (Å²) in [4.78, 5) is 28.6. The topological polar surface area (TPSA) is 89.5 Å². The third-order valence-corrected chi connectivity index (χ3v) is 3.90. The number of hydrogen-bond donors (Lipinski definition) is 0. The van der Waals surface area contributed by atoms with Gasteiger partial charge >= 0.3 is 6.01 Å². The predicted octanol–water partition coefficient (Wildman–Crippen LogP) is 3.25. The van der Waals surface area contributed by atoms with Crippen molar-refractivity contribution in [1.29, 1.82) is 0 Å². The van der Waals surface area contributed by atoms with Crippen LogP contribution in [0.1, 0.15) is 11.1 Å². The second kappa shape index (κ2) is 6.11. The van der Waals surface area contributed by atoms with Crippen LogP contribution >= 0.6 is 0 Å². The number of anilines is 1. The zero-order chi connectivity index (χ0) is 17.3. The van der Waals surface area contributed by atoms with Gasteiger partial charge in [0, 0.05) is 18.7 Å². The van der Waals surface area contributed by atoms with E-state index >= 15 is 0 Å². The zero-order valence-electron chi connectivity index (χ0n) is 13.2. The van der Waals surface area contributed by atoms with Gasteiger partial charge in [-0.3, -0.25) is 19.8 Å². The monoisotopic (exact) mass is 325 g/mol. The quantitative estimate of drug-likeness (QED) is 0.542. The van der Waals surface area contributed by atoms with Crippen LogP contribution < -0.4 is 4.90 Å². The fraction of sp³-hybridized carbons (Fsp3) is 0.176. The molecule has 7 nitrogen and oxygen atoms in total. The van der Waals surface area contributed by atoms with Crippen molar-refractivity contribution in [3.63, 3.8) is 0 Å². The maximum atomic E-state index is 12.5. The lowest BCUT2D eigenvalue weighted by atomic mass is 10.0. The molecule has 0 unspecified atom stereocenters. The van der Waals surface area contributed by atoms with E-state index in [4.69, 9.17) is 4.42 Å². The fourth-order valence-corrected chi connectivity index (χ4v) is 2.45. The normalized spacial score (nSPS) is 10.8. The first-order valence-corrected chi connectivity index (χ1v) is 7.32. The third kappa shape index (κ3) is 2.83. The van der Waals surface area contributed by atoms with Gasteiger partial charge in [0.25, 0.3) is 5.69 Å². The highest BCUT2D eigenvalue weighted by molar-refractivity contribution is 5.93. The Kier molecular flexibility index (Phi) is 3.99. The van der Waals surface area contributed by atoms with Crippen LogP contribution in [-0.4, -0.2) is 22.9 Å². The number of hydrogen-bond acceptors (Lipinski definition) is 5. The molecule has 2 aromatic carbocycles. The molecule has 7 heteroatoms. The largest absolute Gasteiger partial charge is 0.423 e. The van der Waals surface area contributed by atoms with E-state index in [-0.39, 0.29) is 24.0 Å². The second-order valence-electron chi connectivity index (χ2n) is 5.41. The van der Waals surface area contributed by atoms with Crippen LogP contribution in [0.2, 0.25) is 0 Å². The molecule has 0 atom stereocenters. The lowest BCUT2D eigenvalue weighted by molar-refractivity contribution is -0.385. The van der Waals surface area contributed by atoms with Gasteiger partial charge < -0.3 is 4.42 Å². The third-order valence-electron chi connectivity index (χ3n) is 3.90. The van der Waals surface area contributed by atoms with E-state index in [2.05, 4.69) is 4.98 Å². The number of para-hydroxylation sites is 2. The number of amides is 1. The highest BCUT2D eigenvalue weighted by atomic mass is 16.6. The van der Waals surface area contributed by atoms with Gasteiger partial charge in [0.15, 0.2) is 5.58 Å². The van der Waals surface area contributed by atoms with E-state index in [1.54, 1.807) is 38.2 Å². The molecule has 0 spiro atoms. The van der Waals surface area contributed by atoms with Gasteiger partial charge in [-0.2, -0.15) is 4.98 Å². The summed E-state index contributed by atoms with van der Waals surface area (Å²) in [6, 6.07) is 12.1. The molecule has 0 aliphatic carbocycles. The van der Waals surface area contributed by atoms with Crippen LogP contribution in [0, 0.1) is 17.0 Å². The Bertz CT molecular complexity index is 899. The first-order valence-electron chi connectivity index (χ1n) is 7.32. The van der Waals surface area contributed by atoms with Crippen molar-refractivity contribution < 1.29 is 14.1 Å². The summed E-state index contributed by atoms with van der Waals surface area (Å²) in [5, 5.41) is 11.0. The van der Waals surface area contributed by atoms with Gasteiger partial charge in [-0.1, -0.05) is 24.3 Å². The number of oxazole rings is 1. The molecule has 0 saturated carbocycles. The molecular formula is C17H15N3O4. The Hall–Kier alpha value is -3.22. The van der Waals surface area contributed by atoms with E-state index in [9.17, 15) is 14.9 Å². The molecule has 0 aliphatic rings. The molecule has 1 heterocycles. The minimum absolute atomic E-state index is 0.00446. The van der Waals surface area contributed by atoms with Gasteiger partial charge in [0.1, 0.15) is 5.52 Å². The molecule has 0 saturated heterocycles. The molecule has 3 aromatic rings. The van der Waals surface area contributed by atoms with Crippen molar-refractivity contribution in [3.8, 4) is 0 Å².